The van der Waals surface area contributed by atoms with Gasteiger partial charge >= 0.3 is 0 Å². The maximum Gasteiger partial charge on any atom is 0.164 e. The quantitative estimate of drug-likeness (QED) is 0.166. The second-order valence-corrected chi connectivity index (χ2v) is 15.0. The summed E-state index contributed by atoms with van der Waals surface area (Å²) in [5.41, 5.74) is 7.75. The lowest BCUT2D eigenvalue weighted by atomic mass is 9.89. The largest absolute Gasteiger partial charge is 0.208 e. The fourth-order valence-corrected chi connectivity index (χ4v) is 9.21. The summed E-state index contributed by atoms with van der Waals surface area (Å²) < 4.78 is 2.46. The van der Waals surface area contributed by atoms with Gasteiger partial charge in [0.25, 0.3) is 0 Å². The molecule has 3 nitrogen and oxygen atoms in total. The van der Waals surface area contributed by atoms with E-state index in [1.807, 2.05) is 72.0 Å². The summed E-state index contributed by atoms with van der Waals surface area (Å²) in [4.78, 5) is 14.9. The minimum absolute atomic E-state index is 0.664. The Morgan fingerprint density at radius 1 is 0.255 bits per heavy atom. The van der Waals surface area contributed by atoms with E-state index in [9.17, 15) is 0 Å². The molecule has 0 aliphatic heterocycles. The Balaban J connectivity index is 1.02. The highest BCUT2D eigenvalue weighted by Crippen LogP contribution is 2.42. The Morgan fingerprint density at radius 2 is 0.673 bits per heavy atom. The van der Waals surface area contributed by atoms with Gasteiger partial charge in [-0.15, -0.1) is 11.3 Å². The molecule has 0 spiro atoms. The summed E-state index contributed by atoms with van der Waals surface area (Å²) in [5.74, 6) is 1.99. The molecule has 0 saturated carbocycles. The molecule has 0 aliphatic rings. The lowest BCUT2D eigenvalue weighted by Crippen LogP contribution is -1.99. The lowest BCUT2D eigenvalue weighted by Gasteiger charge is -2.14. The molecule has 0 unspecified atom stereocenters. The molecule has 0 N–H and O–H groups in total. The zero-order valence-electron chi connectivity index (χ0n) is 29.6. The van der Waals surface area contributed by atoms with Crippen LogP contribution >= 0.6 is 11.3 Å². The second kappa shape index (κ2) is 12.8. The van der Waals surface area contributed by atoms with E-state index < -0.39 is 0 Å². The monoisotopic (exact) mass is 717 g/mol. The molecule has 2 aromatic heterocycles. The Labute approximate surface area is 321 Å². The van der Waals surface area contributed by atoms with E-state index in [-0.39, 0.29) is 0 Å². The number of benzene rings is 9. The van der Waals surface area contributed by atoms with E-state index in [1.165, 1.54) is 74.7 Å². The third kappa shape index (κ3) is 5.38. The third-order valence-electron chi connectivity index (χ3n) is 10.7. The van der Waals surface area contributed by atoms with Gasteiger partial charge in [-0.2, -0.15) is 0 Å². The Kier molecular flexibility index (Phi) is 7.35. The van der Waals surface area contributed by atoms with E-state index >= 15 is 0 Å². The summed E-state index contributed by atoms with van der Waals surface area (Å²) in [6.45, 7) is 0. The van der Waals surface area contributed by atoms with Crippen molar-refractivity contribution in [1.29, 1.82) is 0 Å². The van der Waals surface area contributed by atoms with Crippen molar-refractivity contribution in [2.45, 2.75) is 0 Å². The molecule has 11 aromatic rings. The highest BCUT2D eigenvalue weighted by molar-refractivity contribution is 7.25. The highest BCUT2D eigenvalue weighted by atomic mass is 32.1. The van der Waals surface area contributed by atoms with Crippen molar-refractivity contribution in [2.75, 3.05) is 0 Å². The topological polar surface area (TPSA) is 38.7 Å². The fourth-order valence-electron chi connectivity index (χ4n) is 8.08. The molecule has 256 valence electrons. The summed E-state index contributed by atoms with van der Waals surface area (Å²) in [6.07, 6.45) is 0. The molecule has 0 fully saturated rings. The van der Waals surface area contributed by atoms with Crippen LogP contribution in [-0.2, 0) is 0 Å². The molecule has 0 bridgehead atoms. The van der Waals surface area contributed by atoms with Gasteiger partial charge in [0.2, 0.25) is 0 Å². The summed E-state index contributed by atoms with van der Waals surface area (Å²) >= 11 is 1.81. The van der Waals surface area contributed by atoms with Crippen molar-refractivity contribution in [1.82, 2.24) is 15.0 Å². The van der Waals surface area contributed by atoms with Crippen molar-refractivity contribution in [3.8, 4) is 56.4 Å². The first-order chi connectivity index (χ1) is 27.2. The molecule has 11 rings (SSSR count). The maximum atomic E-state index is 4.99. The van der Waals surface area contributed by atoms with Crippen LogP contribution < -0.4 is 0 Å². The first-order valence-corrected chi connectivity index (χ1v) is 19.3. The minimum Gasteiger partial charge on any atom is -0.208 e. The van der Waals surface area contributed by atoms with Gasteiger partial charge in [-0.1, -0.05) is 164 Å². The summed E-state index contributed by atoms with van der Waals surface area (Å²) in [7, 11) is 0. The van der Waals surface area contributed by atoms with Gasteiger partial charge in [-0.25, -0.2) is 15.0 Å². The van der Waals surface area contributed by atoms with Crippen molar-refractivity contribution in [3.05, 3.63) is 188 Å². The Morgan fingerprint density at radius 3 is 1.25 bits per heavy atom. The molecule has 9 aromatic carbocycles. The average Bonchev–Trinajstić information content (AvgIpc) is 3.64. The molecule has 0 atom stereocenters. The van der Waals surface area contributed by atoms with Crippen LogP contribution in [0.3, 0.4) is 0 Å². The molecular formula is C51H31N3S. The van der Waals surface area contributed by atoms with Crippen LogP contribution in [0.4, 0.5) is 0 Å². The van der Waals surface area contributed by atoms with E-state index in [4.69, 9.17) is 15.0 Å². The number of aromatic nitrogens is 3. The Bertz CT molecular complexity index is 3170. The first-order valence-electron chi connectivity index (χ1n) is 18.5. The van der Waals surface area contributed by atoms with Crippen LogP contribution in [0.5, 0.6) is 0 Å². The zero-order valence-corrected chi connectivity index (χ0v) is 30.5. The zero-order chi connectivity index (χ0) is 36.3. The number of nitrogens with zero attached hydrogens (tertiary/aromatic N) is 3. The van der Waals surface area contributed by atoms with Gasteiger partial charge in [-0.05, 0) is 78.8 Å². The van der Waals surface area contributed by atoms with Crippen molar-refractivity contribution < 1.29 is 0 Å². The lowest BCUT2D eigenvalue weighted by molar-refractivity contribution is 1.07. The first kappa shape index (κ1) is 31.5. The molecule has 0 saturated heterocycles. The fraction of sp³-hybridized carbons (Fsp3) is 0. The molecule has 0 amide bonds. The number of thiophene rings is 1. The summed E-state index contributed by atoms with van der Waals surface area (Å²) in [6, 6.07) is 67.1. The molecule has 2 heterocycles. The number of rotatable bonds is 5. The van der Waals surface area contributed by atoms with Gasteiger partial charge in [0.15, 0.2) is 17.5 Å². The molecular weight excluding hydrogens is 687 g/mol. The van der Waals surface area contributed by atoms with Crippen molar-refractivity contribution in [3.63, 3.8) is 0 Å². The number of hydrogen-bond donors (Lipinski definition) is 0. The number of hydrogen-bond acceptors (Lipinski definition) is 4. The van der Waals surface area contributed by atoms with Crippen LogP contribution in [0.2, 0.25) is 0 Å². The molecule has 4 heteroatoms. The molecule has 55 heavy (non-hydrogen) atoms. The SMILES string of the molecule is c1ccc(-c2nc(-c3ccccc3)nc(-c3ccc4c(c3)sc3ccc(-c5ccccc5-c5ccc6c7ccccc7c7ccccc7c6c5)cc34)n2)cc1. The second-order valence-electron chi connectivity index (χ2n) is 14.0. The average molecular weight is 718 g/mol. The highest BCUT2D eigenvalue weighted by Gasteiger charge is 2.16. The Hall–Kier alpha value is -7.01. The minimum atomic E-state index is 0.664. The maximum absolute atomic E-state index is 4.99. The van der Waals surface area contributed by atoms with E-state index in [2.05, 4.69) is 127 Å². The van der Waals surface area contributed by atoms with Gasteiger partial charge < -0.3 is 0 Å². The van der Waals surface area contributed by atoms with Crippen LogP contribution in [0, 0.1) is 0 Å². The van der Waals surface area contributed by atoms with Gasteiger partial charge in [0.1, 0.15) is 0 Å². The van der Waals surface area contributed by atoms with E-state index in [0.717, 1.165) is 16.7 Å². The standard InChI is InChI=1S/C51H31N3S/c1-3-13-32(14-4-1)49-52-50(33-15-5-2-6-16-33)54-51(53-49)36-24-27-44-46-30-35(25-28-47(46)55-48(44)31-36)38-18-8-7-17-37(38)34-23-26-43-41-21-10-9-19-39(41)40-20-11-12-22-42(40)45(43)29-34/h1-31H. The van der Waals surface area contributed by atoms with Crippen LogP contribution in [0.1, 0.15) is 0 Å². The molecule has 0 radical (unpaired) electrons. The van der Waals surface area contributed by atoms with E-state index in [1.54, 1.807) is 0 Å². The smallest absolute Gasteiger partial charge is 0.164 e. The third-order valence-corrected chi connectivity index (χ3v) is 11.9. The summed E-state index contributed by atoms with van der Waals surface area (Å²) in [5, 5.41) is 10.2. The molecule has 0 aliphatic carbocycles. The van der Waals surface area contributed by atoms with E-state index in [0.29, 0.717) is 17.5 Å². The van der Waals surface area contributed by atoms with Crippen molar-refractivity contribution >= 4 is 63.8 Å². The predicted molar refractivity (Wildman–Crippen MR) is 232 cm³/mol. The van der Waals surface area contributed by atoms with Gasteiger partial charge in [0.05, 0.1) is 0 Å². The predicted octanol–water partition coefficient (Wildman–Crippen LogP) is 14.0. The van der Waals surface area contributed by atoms with Crippen LogP contribution in [0.25, 0.3) is 109 Å². The number of fused-ring (bicyclic) bond motifs is 9. The van der Waals surface area contributed by atoms with Crippen LogP contribution in [0.15, 0.2) is 188 Å². The van der Waals surface area contributed by atoms with Gasteiger partial charge in [0, 0.05) is 36.9 Å². The van der Waals surface area contributed by atoms with Crippen LogP contribution in [-0.4, -0.2) is 15.0 Å². The van der Waals surface area contributed by atoms with Gasteiger partial charge in [-0.3, -0.25) is 0 Å². The van der Waals surface area contributed by atoms with Crippen molar-refractivity contribution in [2.24, 2.45) is 0 Å². The normalized spacial score (nSPS) is 11.6.